The minimum absolute atomic E-state index is 0.101. The number of ether oxygens (including phenoxy) is 3. The predicted molar refractivity (Wildman–Crippen MR) is 132 cm³/mol. The fraction of sp³-hybridized carbons (Fsp3) is 0.556. The summed E-state index contributed by atoms with van der Waals surface area (Å²) in [4.78, 5) is 0. The molecule has 6 atom stereocenters. The second-order valence-corrected chi connectivity index (χ2v) is 9.08. The van der Waals surface area contributed by atoms with Crippen LogP contribution in [0.4, 0.5) is 0 Å². The zero-order valence-corrected chi connectivity index (χ0v) is 20.9. The number of aliphatic hydroxyl groups excluding tert-OH is 3. The summed E-state index contributed by atoms with van der Waals surface area (Å²) in [6, 6.07) is 13.7. The van der Waals surface area contributed by atoms with Gasteiger partial charge in [0.2, 0.25) is 0 Å². The largest absolute Gasteiger partial charge is 0.488 e. The van der Waals surface area contributed by atoms with Gasteiger partial charge in [-0.2, -0.15) is 0 Å². The van der Waals surface area contributed by atoms with Gasteiger partial charge in [0.25, 0.3) is 0 Å². The molecule has 0 bridgehead atoms. The molecular formula is C27H37ClO6. The quantitative estimate of drug-likeness (QED) is 0.529. The SMILES string of the molecule is CC.CO[C@H]1CCC[C@H]1Oc1ccc(Cc2cc([C@H]3C[C@@H](O)[C@H](O)[C@@H](CO)O3)ccc2Cl)cc1. The fourth-order valence-electron chi connectivity index (χ4n) is 4.63. The van der Waals surface area contributed by atoms with Crippen LogP contribution in [0.1, 0.15) is 62.3 Å². The first-order chi connectivity index (χ1) is 16.5. The van der Waals surface area contributed by atoms with Crippen molar-refractivity contribution in [1.82, 2.24) is 0 Å². The number of halogens is 1. The average molecular weight is 493 g/mol. The second-order valence-electron chi connectivity index (χ2n) is 8.67. The van der Waals surface area contributed by atoms with E-state index in [4.69, 9.17) is 25.8 Å². The summed E-state index contributed by atoms with van der Waals surface area (Å²) in [6.45, 7) is 3.65. The minimum atomic E-state index is -1.09. The number of benzene rings is 2. The Morgan fingerprint density at radius 1 is 1.03 bits per heavy atom. The highest BCUT2D eigenvalue weighted by atomic mass is 35.5. The lowest BCUT2D eigenvalue weighted by Crippen LogP contribution is -2.47. The molecule has 1 aliphatic carbocycles. The smallest absolute Gasteiger partial charge is 0.125 e. The lowest BCUT2D eigenvalue weighted by molar-refractivity contribution is -0.181. The number of methoxy groups -OCH3 is 1. The summed E-state index contributed by atoms with van der Waals surface area (Å²) >= 11 is 6.46. The molecule has 0 spiro atoms. The average Bonchev–Trinajstić information content (AvgIpc) is 3.31. The van der Waals surface area contributed by atoms with Gasteiger partial charge in [0, 0.05) is 18.6 Å². The van der Waals surface area contributed by atoms with Crippen LogP contribution < -0.4 is 4.74 Å². The molecule has 2 aliphatic rings. The topological polar surface area (TPSA) is 88.4 Å². The molecule has 2 aromatic rings. The van der Waals surface area contributed by atoms with Crippen LogP contribution in [0.2, 0.25) is 5.02 Å². The molecule has 0 unspecified atom stereocenters. The monoisotopic (exact) mass is 492 g/mol. The Hall–Kier alpha value is -1.67. The Labute approximate surface area is 207 Å². The molecule has 6 nitrogen and oxygen atoms in total. The highest BCUT2D eigenvalue weighted by Crippen LogP contribution is 2.34. The first-order valence-corrected chi connectivity index (χ1v) is 12.6. The molecule has 1 heterocycles. The van der Waals surface area contributed by atoms with E-state index in [0.717, 1.165) is 41.7 Å². The van der Waals surface area contributed by atoms with Gasteiger partial charge in [-0.05, 0) is 60.6 Å². The van der Waals surface area contributed by atoms with Gasteiger partial charge in [0.05, 0.1) is 24.9 Å². The standard InChI is InChI=1S/C25H31ClO6.C2H6/c1-30-21-3-2-4-22(21)31-18-8-5-15(6-9-18)11-17-12-16(7-10-19(17)26)23-13-20(28)25(29)24(14-27)32-23;1-2/h5-10,12,20-25,27-29H,2-4,11,13-14H2,1H3;1-2H3/t20-,21+,22-,23-,24-,25+;/m1./s1. The number of hydrogen-bond donors (Lipinski definition) is 3. The minimum Gasteiger partial charge on any atom is -0.488 e. The maximum atomic E-state index is 10.1. The van der Waals surface area contributed by atoms with E-state index in [1.165, 1.54) is 0 Å². The molecule has 1 saturated heterocycles. The zero-order chi connectivity index (χ0) is 24.7. The van der Waals surface area contributed by atoms with Crippen LogP contribution in [-0.4, -0.2) is 59.6 Å². The molecule has 2 aromatic carbocycles. The van der Waals surface area contributed by atoms with Crippen molar-refractivity contribution >= 4 is 11.6 Å². The van der Waals surface area contributed by atoms with Crippen LogP contribution in [0, 0.1) is 0 Å². The molecule has 34 heavy (non-hydrogen) atoms. The van der Waals surface area contributed by atoms with Crippen molar-refractivity contribution in [3.8, 4) is 5.75 Å². The molecule has 188 valence electrons. The van der Waals surface area contributed by atoms with Crippen LogP contribution in [0.15, 0.2) is 42.5 Å². The van der Waals surface area contributed by atoms with Gasteiger partial charge in [0.15, 0.2) is 0 Å². The lowest BCUT2D eigenvalue weighted by atomic mass is 9.92. The summed E-state index contributed by atoms with van der Waals surface area (Å²) in [5.41, 5.74) is 2.90. The Balaban J connectivity index is 0.00000158. The molecule has 2 fully saturated rings. The maximum absolute atomic E-state index is 10.1. The van der Waals surface area contributed by atoms with Gasteiger partial charge < -0.3 is 29.5 Å². The lowest BCUT2D eigenvalue weighted by Gasteiger charge is -2.36. The van der Waals surface area contributed by atoms with Crippen LogP contribution in [0.5, 0.6) is 5.75 Å². The summed E-state index contributed by atoms with van der Waals surface area (Å²) < 4.78 is 17.4. The van der Waals surface area contributed by atoms with Gasteiger partial charge in [-0.15, -0.1) is 0 Å². The molecular weight excluding hydrogens is 456 g/mol. The molecule has 7 heteroatoms. The normalized spacial score (nSPS) is 28.8. The molecule has 0 aromatic heterocycles. The molecule has 1 aliphatic heterocycles. The first kappa shape index (κ1) is 26.9. The summed E-state index contributed by atoms with van der Waals surface area (Å²) in [6.07, 6.45) is 1.05. The third kappa shape index (κ3) is 6.51. The highest BCUT2D eigenvalue weighted by molar-refractivity contribution is 6.31. The predicted octanol–water partition coefficient (Wildman–Crippen LogP) is 4.45. The molecule has 3 N–H and O–H groups in total. The Kier molecular flexibility index (Phi) is 10.2. The van der Waals surface area contributed by atoms with E-state index < -0.39 is 24.4 Å². The molecule has 0 radical (unpaired) electrons. The van der Waals surface area contributed by atoms with Crippen molar-refractivity contribution in [2.24, 2.45) is 0 Å². The van der Waals surface area contributed by atoms with Gasteiger partial charge in [-0.25, -0.2) is 0 Å². The fourth-order valence-corrected chi connectivity index (χ4v) is 4.81. The van der Waals surface area contributed by atoms with E-state index in [1.807, 2.05) is 56.3 Å². The van der Waals surface area contributed by atoms with E-state index in [1.54, 1.807) is 7.11 Å². The van der Waals surface area contributed by atoms with Crippen LogP contribution in [0.3, 0.4) is 0 Å². The van der Waals surface area contributed by atoms with Gasteiger partial charge in [0.1, 0.15) is 24.1 Å². The summed E-state index contributed by atoms with van der Waals surface area (Å²) in [5.74, 6) is 0.834. The van der Waals surface area contributed by atoms with E-state index in [2.05, 4.69) is 0 Å². The van der Waals surface area contributed by atoms with Crippen molar-refractivity contribution in [2.45, 2.75) is 82.6 Å². The van der Waals surface area contributed by atoms with Crippen molar-refractivity contribution in [1.29, 1.82) is 0 Å². The molecule has 4 rings (SSSR count). The van der Waals surface area contributed by atoms with Crippen LogP contribution in [0.25, 0.3) is 0 Å². The third-order valence-corrected chi connectivity index (χ3v) is 6.86. The van der Waals surface area contributed by atoms with E-state index in [0.29, 0.717) is 11.4 Å². The number of rotatable bonds is 7. The molecule has 0 amide bonds. The van der Waals surface area contributed by atoms with Crippen molar-refractivity contribution in [2.75, 3.05) is 13.7 Å². The van der Waals surface area contributed by atoms with Crippen LogP contribution >= 0.6 is 11.6 Å². The van der Waals surface area contributed by atoms with Crippen molar-refractivity contribution < 1.29 is 29.5 Å². The van der Waals surface area contributed by atoms with E-state index in [-0.39, 0.29) is 25.2 Å². The number of hydrogen-bond acceptors (Lipinski definition) is 6. The number of aliphatic hydroxyl groups is 3. The highest BCUT2D eigenvalue weighted by Gasteiger charge is 2.37. The van der Waals surface area contributed by atoms with E-state index >= 15 is 0 Å². The van der Waals surface area contributed by atoms with Gasteiger partial charge in [-0.3, -0.25) is 0 Å². The van der Waals surface area contributed by atoms with Crippen LogP contribution in [-0.2, 0) is 15.9 Å². The van der Waals surface area contributed by atoms with Crippen molar-refractivity contribution in [3.63, 3.8) is 0 Å². The summed E-state index contributed by atoms with van der Waals surface area (Å²) in [7, 11) is 1.73. The maximum Gasteiger partial charge on any atom is 0.125 e. The van der Waals surface area contributed by atoms with Gasteiger partial charge in [-0.1, -0.05) is 49.7 Å². The Morgan fingerprint density at radius 3 is 2.41 bits per heavy atom. The van der Waals surface area contributed by atoms with Crippen molar-refractivity contribution in [3.05, 3.63) is 64.2 Å². The summed E-state index contributed by atoms with van der Waals surface area (Å²) in [5, 5.41) is 30.2. The van der Waals surface area contributed by atoms with E-state index in [9.17, 15) is 15.3 Å². The first-order valence-electron chi connectivity index (χ1n) is 12.2. The molecule has 1 saturated carbocycles. The zero-order valence-electron chi connectivity index (χ0n) is 20.2. The second kappa shape index (κ2) is 12.9. The van der Waals surface area contributed by atoms with Gasteiger partial charge >= 0.3 is 0 Å². The Morgan fingerprint density at radius 2 is 1.74 bits per heavy atom. The third-order valence-electron chi connectivity index (χ3n) is 6.49. The Bertz CT molecular complexity index is 889.